The third-order valence-electron chi connectivity index (χ3n) is 2.21. The van der Waals surface area contributed by atoms with E-state index < -0.39 is 0 Å². The van der Waals surface area contributed by atoms with Crippen molar-refractivity contribution in [1.82, 2.24) is 9.97 Å². The number of imidazole rings is 1. The number of H-pyrrole nitrogens is 2. The number of hydrogen-bond acceptors (Lipinski definition) is 2. The fourth-order valence-corrected chi connectivity index (χ4v) is 1.63. The molecule has 0 saturated carbocycles. The molecule has 4 heteroatoms. The second kappa shape index (κ2) is 4.99. The van der Waals surface area contributed by atoms with Crippen molar-refractivity contribution in [3.8, 4) is 17.0 Å². The van der Waals surface area contributed by atoms with Gasteiger partial charge < -0.3 is 14.7 Å². The van der Waals surface area contributed by atoms with Crippen LogP contribution >= 0.6 is 12.2 Å². The van der Waals surface area contributed by atoms with Crippen LogP contribution in [0, 0.1) is 4.77 Å². The molecule has 1 heterocycles. The Kier molecular flexibility index (Phi) is 3.41. The molecule has 0 aliphatic heterocycles. The van der Waals surface area contributed by atoms with Gasteiger partial charge in [0.2, 0.25) is 0 Å². The number of benzene rings is 1. The Morgan fingerprint density at radius 3 is 2.94 bits per heavy atom. The van der Waals surface area contributed by atoms with E-state index in [9.17, 15) is 0 Å². The van der Waals surface area contributed by atoms with Crippen LogP contribution in [0.4, 0.5) is 0 Å². The van der Waals surface area contributed by atoms with E-state index in [4.69, 9.17) is 17.0 Å². The SMILES string of the molecule is CCCOc1cccc(-c2c[nH]c(=S)[nH]2)c1. The minimum absolute atomic E-state index is 0.634. The van der Waals surface area contributed by atoms with Gasteiger partial charge in [0.1, 0.15) is 5.75 Å². The van der Waals surface area contributed by atoms with Crippen molar-refractivity contribution < 1.29 is 4.74 Å². The van der Waals surface area contributed by atoms with Crippen LogP contribution in [-0.2, 0) is 0 Å². The molecule has 84 valence electrons. The Labute approximate surface area is 99.5 Å². The van der Waals surface area contributed by atoms with Crippen LogP contribution in [-0.4, -0.2) is 16.6 Å². The molecule has 0 bridgehead atoms. The minimum Gasteiger partial charge on any atom is -0.494 e. The Morgan fingerprint density at radius 1 is 1.38 bits per heavy atom. The van der Waals surface area contributed by atoms with Crippen molar-refractivity contribution in [3.63, 3.8) is 0 Å². The molecule has 1 aromatic carbocycles. The number of hydrogen-bond donors (Lipinski definition) is 2. The van der Waals surface area contributed by atoms with Crippen LogP contribution in [0.15, 0.2) is 30.5 Å². The van der Waals surface area contributed by atoms with E-state index in [1.54, 1.807) is 0 Å². The number of ether oxygens (including phenoxy) is 1. The van der Waals surface area contributed by atoms with Crippen LogP contribution in [0.2, 0.25) is 0 Å². The third kappa shape index (κ3) is 2.52. The van der Waals surface area contributed by atoms with Crippen molar-refractivity contribution in [2.24, 2.45) is 0 Å². The molecule has 0 amide bonds. The monoisotopic (exact) mass is 234 g/mol. The van der Waals surface area contributed by atoms with Crippen molar-refractivity contribution >= 4 is 12.2 Å². The lowest BCUT2D eigenvalue weighted by atomic mass is 10.1. The number of rotatable bonds is 4. The number of nitrogens with one attached hydrogen (secondary N) is 2. The highest BCUT2D eigenvalue weighted by molar-refractivity contribution is 7.71. The van der Waals surface area contributed by atoms with Gasteiger partial charge in [0.05, 0.1) is 12.3 Å². The molecule has 0 atom stereocenters. The first-order valence-electron chi connectivity index (χ1n) is 5.30. The van der Waals surface area contributed by atoms with E-state index in [0.717, 1.165) is 30.0 Å². The first kappa shape index (κ1) is 11.0. The van der Waals surface area contributed by atoms with Gasteiger partial charge in [0, 0.05) is 11.8 Å². The lowest BCUT2D eigenvalue weighted by molar-refractivity contribution is 0.317. The molecule has 2 rings (SSSR count). The molecular weight excluding hydrogens is 220 g/mol. The molecule has 3 nitrogen and oxygen atoms in total. The van der Waals surface area contributed by atoms with Gasteiger partial charge in [-0.1, -0.05) is 19.1 Å². The highest BCUT2D eigenvalue weighted by atomic mass is 32.1. The summed E-state index contributed by atoms with van der Waals surface area (Å²) in [7, 11) is 0. The summed E-state index contributed by atoms with van der Waals surface area (Å²) in [6.45, 7) is 2.83. The van der Waals surface area contributed by atoms with Crippen molar-refractivity contribution in [1.29, 1.82) is 0 Å². The molecule has 2 N–H and O–H groups in total. The zero-order valence-electron chi connectivity index (χ0n) is 9.12. The van der Waals surface area contributed by atoms with Crippen LogP contribution in [0.3, 0.4) is 0 Å². The Bertz CT molecular complexity index is 515. The Hall–Kier alpha value is -1.55. The largest absolute Gasteiger partial charge is 0.494 e. The maximum atomic E-state index is 5.57. The summed E-state index contributed by atoms with van der Waals surface area (Å²) in [6, 6.07) is 7.96. The molecule has 0 radical (unpaired) electrons. The van der Waals surface area contributed by atoms with Crippen molar-refractivity contribution in [2.45, 2.75) is 13.3 Å². The van der Waals surface area contributed by atoms with Gasteiger partial charge in [-0.3, -0.25) is 0 Å². The Balaban J connectivity index is 2.25. The second-order valence-electron chi connectivity index (χ2n) is 3.53. The Morgan fingerprint density at radius 2 is 2.25 bits per heavy atom. The van der Waals surface area contributed by atoms with E-state index in [-0.39, 0.29) is 0 Å². The lowest BCUT2D eigenvalue weighted by Crippen LogP contribution is -1.94. The van der Waals surface area contributed by atoms with Gasteiger partial charge in [-0.05, 0) is 30.8 Å². The zero-order chi connectivity index (χ0) is 11.4. The summed E-state index contributed by atoms with van der Waals surface area (Å²) in [4.78, 5) is 6.03. The van der Waals surface area contributed by atoms with Gasteiger partial charge in [0.15, 0.2) is 4.77 Å². The number of aromatic amines is 2. The zero-order valence-corrected chi connectivity index (χ0v) is 9.93. The first-order valence-corrected chi connectivity index (χ1v) is 5.71. The van der Waals surface area contributed by atoms with Gasteiger partial charge in [-0.2, -0.15) is 0 Å². The van der Waals surface area contributed by atoms with E-state index >= 15 is 0 Å². The fraction of sp³-hybridized carbons (Fsp3) is 0.250. The molecule has 1 aromatic heterocycles. The maximum Gasteiger partial charge on any atom is 0.174 e. The van der Waals surface area contributed by atoms with Crippen molar-refractivity contribution in [2.75, 3.05) is 6.61 Å². The maximum absolute atomic E-state index is 5.57. The quantitative estimate of drug-likeness (QED) is 0.794. The smallest absolute Gasteiger partial charge is 0.174 e. The highest BCUT2D eigenvalue weighted by Gasteiger charge is 2.00. The van der Waals surface area contributed by atoms with Crippen LogP contribution in [0.25, 0.3) is 11.3 Å². The third-order valence-corrected chi connectivity index (χ3v) is 2.43. The van der Waals surface area contributed by atoms with Crippen LogP contribution in [0.5, 0.6) is 5.75 Å². The van der Waals surface area contributed by atoms with Crippen LogP contribution < -0.4 is 4.74 Å². The molecule has 16 heavy (non-hydrogen) atoms. The average Bonchev–Trinajstić information content (AvgIpc) is 2.74. The summed E-state index contributed by atoms with van der Waals surface area (Å²) in [5, 5.41) is 0. The predicted octanol–water partition coefficient (Wildman–Crippen LogP) is 3.53. The number of aromatic nitrogens is 2. The molecule has 0 aliphatic rings. The molecular formula is C12H14N2OS. The van der Waals surface area contributed by atoms with Gasteiger partial charge in [-0.15, -0.1) is 0 Å². The summed E-state index contributed by atoms with van der Waals surface area (Å²) >= 11 is 4.99. The van der Waals surface area contributed by atoms with Gasteiger partial charge in [-0.25, -0.2) is 0 Å². The van der Waals surface area contributed by atoms with E-state index in [1.807, 2.05) is 30.5 Å². The van der Waals surface area contributed by atoms with Gasteiger partial charge >= 0.3 is 0 Å². The molecule has 0 aliphatic carbocycles. The van der Waals surface area contributed by atoms with E-state index in [2.05, 4.69) is 16.9 Å². The standard InChI is InChI=1S/C12H14N2OS/c1-2-6-15-10-5-3-4-9(7-10)11-8-13-12(16)14-11/h3-5,7-8H,2,6H2,1H3,(H2,13,14,16). The molecule has 0 spiro atoms. The summed E-state index contributed by atoms with van der Waals surface area (Å²) in [6.07, 6.45) is 2.87. The highest BCUT2D eigenvalue weighted by Crippen LogP contribution is 2.21. The average molecular weight is 234 g/mol. The topological polar surface area (TPSA) is 40.8 Å². The summed E-state index contributed by atoms with van der Waals surface area (Å²) < 4.78 is 6.21. The first-order chi connectivity index (χ1) is 7.79. The normalized spacial score (nSPS) is 10.3. The van der Waals surface area contributed by atoms with E-state index in [0.29, 0.717) is 4.77 Å². The van der Waals surface area contributed by atoms with Crippen molar-refractivity contribution in [3.05, 3.63) is 35.2 Å². The molecule has 0 unspecified atom stereocenters. The van der Waals surface area contributed by atoms with Crippen LogP contribution in [0.1, 0.15) is 13.3 Å². The molecule has 0 fully saturated rings. The summed E-state index contributed by atoms with van der Waals surface area (Å²) in [5.41, 5.74) is 2.05. The van der Waals surface area contributed by atoms with Gasteiger partial charge in [0.25, 0.3) is 0 Å². The van der Waals surface area contributed by atoms with E-state index in [1.165, 1.54) is 0 Å². The summed E-state index contributed by atoms with van der Waals surface area (Å²) in [5.74, 6) is 0.889. The fourth-order valence-electron chi connectivity index (χ4n) is 1.46. The predicted molar refractivity (Wildman–Crippen MR) is 67.2 cm³/mol. The minimum atomic E-state index is 0.634. The molecule has 2 aromatic rings. The second-order valence-corrected chi connectivity index (χ2v) is 3.94. The molecule has 0 saturated heterocycles. The lowest BCUT2D eigenvalue weighted by Gasteiger charge is -2.05.